The summed E-state index contributed by atoms with van der Waals surface area (Å²) in [6.07, 6.45) is 5.45. The van der Waals surface area contributed by atoms with Gasteiger partial charge in [-0.25, -0.2) is 17.4 Å². The number of amides is 1. The first kappa shape index (κ1) is 25.6. The Morgan fingerprint density at radius 3 is 2.53 bits per heavy atom. The Bertz CT molecular complexity index is 1530. The summed E-state index contributed by atoms with van der Waals surface area (Å²) in [6.45, 7) is 4.62. The maximum absolute atomic E-state index is 12.5. The first-order valence-electron chi connectivity index (χ1n) is 11.4. The number of nitrogens with one attached hydrogen (secondary N) is 1. The molecule has 0 atom stereocenters. The van der Waals surface area contributed by atoms with Crippen molar-refractivity contribution in [3.63, 3.8) is 0 Å². The third-order valence-electron chi connectivity index (χ3n) is 5.77. The van der Waals surface area contributed by atoms with Crippen LogP contribution in [0.2, 0.25) is 0 Å². The molecule has 0 aliphatic carbocycles. The van der Waals surface area contributed by atoms with E-state index in [4.69, 9.17) is 0 Å². The average Bonchev–Trinajstić information content (AvgIpc) is 3.57. The molecule has 1 aromatic carbocycles. The lowest BCUT2D eigenvalue weighted by molar-refractivity contribution is -0.117. The summed E-state index contributed by atoms with van der Waals surface area (Å²) >= 11 is 1.40. The minimum Gasteiger partial charge on any atom is -0.357 e. The van der Waals surface area contributed by atoms with E-state index in [1.54, 1.807) is 20.8 Å². The Labute approximate surface area is 214 Å². The molecule has 1 N–H and O–H groups in total. The number of carbonyl (C=O) groups is 2. The van der Waals surface area contributed by atoms with Gasteiger partial charge in [0.2, 0.25) is 10.0 Å². The van der Waals surface area contributed by atoms with Gasteiger partial charge in [0.15, 0.2) is 5.78 Å². The summed E-state index contributed by atoms with van der Waals surface area (Å²) < 4.78 is 28.0. The zero-order chi connectivity index (χ0) is 26.0. The molecule has 0 saturated carbocycles. The van der Waals surface area contributed by atoms with E-state index in [-0.39, 0.29) is 24.3 Å². The molecular formula is C26H28N4O4S2. The Morgan fingerprint density at radius 1 is 1.08 bits per heavy atom. The topological polar surface area (TPSA) is 103 Å². The van der Waals surface area contributed by atoms with Crippen molar-refractivity contribution < 1.29 is 18.0 Å². The molecule has 0 spiro atoms. The van der Waals surface area contributed by atoms with Crippen LogP contribution in [0.25, 0.3) is 22.4 Å². The van der Waals surface area contributed by atoms with Gasteiger partial charge in [-0.05, 0) is 50.1 Å². The number of ketones is 1. The second-order valence-electron chi connectivity index (χ2n) is 8.93. The zero-order valence-corrected chi connectivity index (χ0v) is 22.2. The van der Waals surface area contributed by atoms with Gasteiger partial charge in [0.1, 0.15) is 5.01 Å². The molecule has 1 amide bonds. The third-order valence-corrected chi connectivity index (χ3v) is 8.75. The van der Waals surface area contributed by atoms with Crippen molar-refractivity contribution >= 4 is 33.1 Å². The first-order chi connectivity index (χ1) is 17.0. The predicted molar refractivity (Wildman–Crippen MR) is 142 cm³/mol. The van der Waals surface area contributed by atoms with Crippen LogP contribution in [0.3, 0.4) is 0 Å². The van der Waals surface area contributed by atoms with Crippen LogP contribution in [0, 0.1) is 6.92 Å². The largest absolute Gasteiger partial charge is 0.357 e. The minimum atomic E-state index is -3.57. The fourth-order valence-electron chi connectivity index (χ4n) is 3.75. The van der Waals surface area contributed by atoms with E-state index in [0.29, 0.717) is 10.7 Å². The van der Waals surface area contributed by atoms with Gasteiger partial charge < -0.3 is 9.88 Å². The van der Waals surface area contributed by atoms with Crippen molar-refractivity contribution in [1.82, 2.24) is 18.8 Å². The van der Waals surface area contributed by atoms with Crippen LogP contribution >= 0.6 is 11.3 Å². The standard InChI is InChI=1S/C26H28N4O4S2/c1-17(2)36(33,34)30-15-22(10-18(30)3)26(32)27-13-23(31)12-25-28-24(16-35-25)20-7-5-6-19(11-20)21-8-9-29(4)14-21/h5-11,14-17H,12-13H2,1-4H3,(H,27,32). The van der Waals surface area contributed by atoms with E-state index in [9.17, 15) is 18.0 Å². The third kappa shape index (κ3) is 5.50. The van der Waals surface area contributed by atoms with Crippen LogP contribution in [-0.4, -0.2) is 45.4 Å². The van der Waals surface area contributed by atoms with Gasteiger partial charge >= 0.3 is 0 Å². The normalized spacial score (nSPS) is 11.7. The highest BCUT2D eigenvalue weighted by atomic mass is 32.2. The number of aromatic nitrogens is 3. The summed E-state index contributed by atoms with van der Waals surface area (Å²) in [5.74, 6) is -0.685. The molecule has 4 aromatic rings. The van der Waals surface area contributed by atoms with Crippen LogP contribution < -0.4 is 5.32 Å². The number of nitrogens with zero attached hydrogens (tertiary/aromatic N) is 3. The van der Waals surface area contributed by atoms with E-state index in [1.807, 2.05) is 41.4 Å². The Morgan fingerprint density at radius 2 is 1.83 bits per heavy atom. The maximum Gasteiger partial charge on any atom is 0.253 e. The van der Waals surface area contributed by atoms with E-state index < -0.39 is 21.2 Å². The molecular weight excluding hydrogens is 496 g/mol. The number of Topliss-reactive ketones (excluding diaryl/α,β-unsaturated/α-hetero) is 1. The number of thiazole rings is 1. The summed E-state index contributed by atoms with van der Waals surface area (Å²) in [5.41, 5.74) is 4.61. The van der Waals surface area contributed by atoms with Crippen molar-refractivity contribution in [2.24, 2.45) is 7.05 Å². The smallest absolute Gasteiger partial charge is 0.253 e. The number of hydrogen-bond donors (Lipinski definition) is 1. The van der Waals surface area contributed by atoms with Gasteiger partial charge in [-0.3, -0.25) is 9.59 Å². The SMILES string of the molecule is Cc1cc(C(=O)NCC(=O)Cc2nc(-c3cccc(-c4ccn(C)c4)c3)cs2)cn1S(=O)(=O)C(C)C. The molecule has 0 saturated heterocycles. The van der Waals surface area contributed by atoms with Crippen LogP contribution in [0.5, 0.6) is 0 Å². The number of rotatable bonds is 9. The molecule has 0 aliphatic rings. The number of hydrogen-bond acceptors (Lipinski definition) is 6. The van der Waals surface area contributed by atoms with Gasteiger partial charge in [0.25, 0.3) is 5.91 Å². The molecule has 36 heavy (non-hydrogen) atoms. The van der Waals surface area contributed by atoms with Gasteiger partial charge in [-0.1, -0.05) is 18.2 Å². The Kier molecular flexibility index (Phi) is 7.28. The van der Waals surface area contributed by atoms with Crippen molar-refractivity contribution in [3.8, 4) is 22.4 Å². The lowest BCUT2D eigenvalue weighted by Gasteiger charge is -2.10. The minimum absolute atomic E-state index is 0.102. The van der Waals surface area contributed by atoms with E-state index >= 15 is 0 Å². The maximum atomic E-state index is 12.5. The van der Waals surface area contributed by atoms with Crippen LogP contribution in [0.15, 0.2) is 60.4 Å². The monoisotopic (exact) mass is 524 g/mol. The summed E-state index contributed by atoms with van der Waals surface area (Å²) in [7, 11) is -1.59. The molecule has 4 rings (SSSR count). The molecule has 3 aromatic heterocycles. The van der Waals surface area contributed by atoms with Crippen molar-refractivity contribution in [2.45, 2.75) is 32.4 Å². The molecule has 3 heterocycles. The highest BCUT2D eigenvalue weighted by Gasteiger charge is 2.22. The fraction of sp³-hybridized carbons (Fsp3) is 0.269. The van der Waals surface area contributed by atoms with Gasteiger partial charge in [0, 0.05) is 42.3 Å². The molecule has 10 heteroatoms. The molecule has 0 aliphatic heterocycles. The number of benzene rings is 1. The van der Waals surface area contributed by atoms with Crippen LogP contribution in [-0.2, 0) is 28.3 Å². The first-order valence-corrected chi connectivity index (χ1v) is 13.8. The van der Waals surface area contributed by atoms with E-state index in [2.05, 4.69) is 28.6 Å². The second kappa shape index (κ2) is 10.2. The molecule has 0 unspecified atom stereocenters. The highest BCUT2D eigenvalue weighted by Crippen LogP contribution is 2.27. The predicted octanol–water partition coefficient (Wildman–Crippen LogP) is 4.05. The lowest BCUT2D eigenvalue weighted by atomic mass is 10.0. The lowest BCUT2D eigenvalue weighted by Crippen LogP contribution is -2.30. The number of carbonyl (C=O) groups excluding carboxylic acids is 2. The number of aryl methyl sites for hydroxylation is 2. The summed E-state index contributed by atoms with van der Waals surface area (Å²) in [4.78, 5) is 29.6. The average molecular weight is 525 g/mol. The van der Waals surface area contributed by atoms with Crippen molar-refractivity contribution in [2.75, 3.05) is 6.54 Å². The molecule has 8 nitrogen and oxygen atoms in total. The Balaban J connectivity index is 1.37. The second-order valence-corrected chi connectivity index (χ2v) is 12.2. The highest BCUT2D eigenvalue weighted by molar-refractivity contribution is 7.90. The van der Waals surface area contributed by atoms with Gasteiger partial charge in [0.05, 0.1) is 29.5 Å². The molecule has 0 bridgehead atoms. The molecule has 188 valence electrons. The molecule has 0 radical (unpaired) electrons. The molecule has 0 fully saturated rings. The van der Waals surface area contributed by atoms with Gasteiger partial charge in [-0.15, -0.1) is 11.3 Å². The summed E-state index contributed by atoms with van der Waals surface area (Å²) in [5, 5.41) is 4.55. The summed E-state index contributed by atoms with van der Waals surface area (Å²) in [6, 6.07) is 11.6. The van der Waals surface area contributed by atoms with Crippen molar-refractivity contribution in [3.05, 3.63) is 76.6 Å². The van der Waals surface area contributed by atoms with Crippen molar-refractivity contribution in [1.29, 1.82) is 0 Å². The van der Waals surface area contributed by atoms with Crippen LogP contribution in [0.1, 0.15) is 34.9 Å². The Hall–Kier alpha value is -3.50. The van der Waals surface area contributed by atoms with E-state index in [1.165, 1.54) is 23.6 Å². The fourth-order valence-corrected chi connectivity index (χ4v) is 5.75. The van der Waals surface area contributed by atoms with Crippen LogP contribution in [0.4, 0.5) is 0 Å². The van der Waals surface area contributed by atoms with E-state index in [0.717, 1.165) is 26.4 Å². The zero-order valence-electron chi connectivity index (χ0n) is 20.6. The quantitative estimate of drug-likeness (QED) is 0.356. The van der Waals surface area contributed by atoms with Gasteiger partial charge in [-0.2, -0.15) is 0 Å².